The molecule has 0 N–H and O–H groups in total. The van der Waals surface area contributed by atoms with Gasteiger partial charge in [0, 0.05) is 40.8 Å². The molecule has 21 heavy (non-hydrogen) atoms. The van der Waals surface area contributed by atoms with Crippen LogP contribution in [0.3, 0.4) is 0 Å². The molecule has 0 amide bonds. The van der Waals surface area contributed by atoms with Gasteiger partial charge in [0.25, 0.3) is 0 Å². The smallest absolute Gasteiger partial charge is 0.294 e. The maximum atomic E-state index is 12.3. The van der Waals surface area contributed by atoms with Gasteiger partial charge >= 0.3 is 5.00 Å². The predicted molar refractivity (Wildman–Crippen MR) is 83.3 cm³/mol. The molecule has 4 rings (SSSR count). The first kappa shape index (κ1) is 13.2. The topological polar surface area (TPSA) is 72.6 Å². The molecule has 0 radical (unpaired) electrons. The first-order chi connectivity index (χ1) is 10.1. The van der Waals surface area contributed by atoms with Crippen molar-refractivity contribution >= 4 is 39.6 Å². The third-order valence-corrected chi connectivity index (χ3v) is 6.46. The maximum Gasteiger partial charge on any atom is 0.324 e. The van der Waals surface area contributed by atoms with Crippen molar-refractivity contribution in [2.24, 2.45) is 4.99 Å². The van der Waals surface area contributed by atoms with Crippen LogP contribution in [0.1, 0.15) is 30.7 Å². The molecule has 5 nitrogen and oxygen atoms in total. The molecule has 1 aromatic heterocycles. The standard InChI is InChI=1S/C14H12N2O3S2/c17-10-2-1-8-13(10)12(14-9(15-8)3-4-20-14)7-5-11(16(18)19)21-6-7/h5-6,12,14H,1-4H2. The lowest BCUT2D eigenvalue weighted by Crippen LogP contribution is -2.28. The minimum absolute atomic E-state index is 0.0417. The molecule has 1 aliphatic carbocycles. The molecule has 0 saturated carbocycles. The summed E-state index contributed by atoms with van der Waals surface area (Å²) >= 11 is 2.95. The Balaban J connectivity index is 1.82. The molecule has 0 spiro atoms. The second kappa shape index (κ2) is 4.78. The van der Waals surface area contributed by atoms with Crippen molar-refractivity contribution in [3.05, 3.63) is 38.4 Å². The zero-order valence-electron chi connectivity index (χ0n) is 11.1. The highest BCUT2D eigenvalue weighted by Crippen LogP contribution is 2.49. The molecular weight excluding hydrogens is 308 g/mol. The molecule has 1 aromatic rings. The maximum absolute atomic E-state index is 12.3. The van der Waals surface area contributed by atoms with Gasteiger partial charge in [-0.3, -0.25) is 19.9 Å². The lowest BCUT2D eigenvalue weighted by atomic mass is 9.84. The highest BCUT2D eigenvalue weighted by atomic mass is 32.2. The molecule has 108 valence electrons. The molecule has 3 heterocycles. The number of fused-ring (bicyclic) bond motifs is 1. The van der Waals surface area contributed by atoms with Crippen LogP contribution >= 0.6 is 23.1 Å². The van der Waals surface area contributed by atoms with Crippen molar-refractivity contribution in [2.45, 2.75) is 30.4 Å². The molecular formula is C14H12N2O3S2. The van der Waals surface area contributed by atoms with E-state index in [2.05, 4.69) is 0 Å². The van der Waals surface area contributed by atoms with Gasteiger partial charge in [-0.2, -0.15) is 11.8 Å². The normalized spacial score (nSPS) is 27.6. The third-order valence-electron chi connectivity index (χ3n) is 4.22. The second-order valence-electron chi connectivity index (χ2n) is 5.38. The van der Waals surface area contributed by atoms with Gasteiger partial charge in [0.05, 0.1) is 10.2 Å². The highest BCUT2D eigenvalue weighted by Gasteiger charge is 2.43. The number of thiophene rings is 1. The molecule has 3 aliphatic rings. The van der Waals surface area contributed by atoms with E-state index >= 15 is 0 Å². The average molecular weight is 320 g/mol. The quantitative estimate of drug-likeness (QED) is 0.619. The number of thioether (sulfide) groups is 1. The van der Waals surface area contributed by atoms with Crippen LogP contribution in [0.25, 0.3) is 0 Å². The van der Waals surface area contributed by atoms with Crippen LogP contribution in [0.15, 0.2) is 27.7 Å². The lowest BCUT2D eigenvalue weighted by Gasteiger charge is -2.27. The molecule has 1 saturated heterocycles. The summed E-state index contributed by atoms with van der Waals surface area (Å²) < 4.78 is 0. The highest BCUT2D eigenvalue weighted by molar-refractivity contribution is 8.01. The number of hydrogen-bond donors (Lipinski definition) is 0. The van der Waals surface area contributed by atoms with Crippen LogP contribution < -0.4 is 0 Å². The zero-order valence-corrected chi connectivity index (χ0v) is 12.7. The van der Waals surface area contributed by atoms with Crippen molar-refractivity contribution in [1.82, 2.24) is 0 Å². The molecule has 2 aliphatic heterocycles. The average Bonchev–Trinajstić information content (AvgIpc) is 3.16. The van der Waals surface area contributed by atoms with Crippen molar-refractivity contribution in [3.63, 3.8) is 0 Å². The number of Topliss-reactive ketones (excluding diaryl/α,β-unsaturated/α-hetero) is 1. The zero-order chi connectivity index (χ0) is 14.6. The number of nitrogens with zero attached hydrogens (tertiary/aromatic N) is 2. The van der Waals surface area contributed by atoms with Crippen LogP contribution in [0.4, 0.5) is 5.00 Å². The van der Waals surface area contributed by atoms with Gasteiger partial charge in [-0.25, -0.2) is 0 Å². The van der Waals surface area contributed by atoms with Gasteiger partial charge in [-0.1, -0.05) is 11.3 Å². The Morgan fingerprint density at radius 1 is 1.33 bits per heavy atom. The van der Waals surface area contributed by atoms with Crippen LogP contribution in [0.2, 0.25) is 0 Å². The Kier molecular flexibility index (Phi) is 3.00. The Labute approximate surface area is 129 Å². The summed E-state index contributed by atoms with van der Waals surface area (Å²) in [7, 11) is 0. The number of hydrogen-bond acceptors (Lipinski definition) is 6. The van der Waals surface area contributed by atoms with Crippen LogP contribution in [0.5, 0.6) is 0 Å². The SMILES string of the molecule is O=C1CCC2=C1C(c1csc([N+](=O)[O-])c1)C1SCCC1=N2. The van der Waals surface area contributed by atoms with Crippen molar-refractivity contribution in [3.8, 4) is 0 Å². The summed E-state index contributed by atoms with van der Waals surface area (Å²) in [5.41, 5.74) is 3.80. The fraction of sp³-hybridized carbons (Fsp3) is 0.429. The van der Waals surface area contributed by atoms with E-state index in [1.54, 1.807) is 6.07 Å². The molecule has 1 fully saturated rings. The van der Waals surface area contributed by atoms with Crippen LogP contribution in [0, 0.1) is 10.1 Å². The van der Waals surface area contributed by atoms with E-state index in [0.717, 1.165) is 52.5 Å². The second-order valence-corrected chi connectivity index (χ2v) is 7.52. The van der Waals surface area contributed by atoms with Crippen molar-refractivity contribution < 1.29 is 9.72 Å². The first-order valence-corrected chi connectivity index (χ1v) is 8.76. The predicted octanol–water partition coefficient (Wildman–Crippen LogP) is 3.32. The Morgan fingerprint density at radius 3 is 2.95 bits per heavy atom. The number of allylic oxidation sites excluding steroid dienone is 2. The fourth-order valence-corrected chi connectivity index (χ4v) is 5.52. The Hall–Kier alpha value is -1.47. The summed E-state index contributed by atoms with van der Waals surface area (Å²) in [6.45, 7) is 0. The third kappa shape index (κ3) is 1.98. The molecule has 0 bridgehead atoms. The molecule has 0 aromatic carbocycles. The van der Waals surface area contributed by atoms with Gasteiger partial charge in [0.1, 0.15) is 0 Å². The minimum Gasteiger partial charge on any atom is -0.294 e. The summed E-state index contributed by atoms with van der Waals surface area (Å²) in [4.78, 5) is 27.5. The van der Waals surface area contributed by atoms with Crippen molar-refractivity contribution in [1.29, 1.82) is 0 Å². The number of rotatable bonds is 2. The fourth-order valence-electron chi connectivity index (χ4n) is 3.33. The van der Waals surface area contributed by atoms with E-state index < -0.39 is 0 Å². The lowest BCUT2D eigenvalue weighted by molar-refractivity contribution is -0.380. The summed E-state index contributed by atoms with van der Waals surface area (Å²) in [6.07, 6.45) is 2.21. The Bertz CT molecular complexity index is 720. The van der Waals surface area contributed by atoms with E-state index in [1.165, 1.54) is 0 Å². The number of aliphatic imine (C=N–C) groups is 1. The van der Waals surface area contributed by atoms with E-state index in [1.807, 2.05) is 17.1 Å². The Morgan fingerprint density at radius 2 is 2.19 bits per heavy atom. The number of carbonyl (C=O) groups excluding carboxylic acids is 1. The molecule has 2 unspecified atom stereocenters. The van der Waals surface area contributed by atoms with Crippen LogP contribution in [-0.2, 0) is 4.79 Å². The summed E-state index contributed by atoms with van der Waals surface area (Å²) in [6, 6.07) is 1.63. The van der Waals surface area contributed by atoms with Crippen LogP contribution in [-0.4, -0.2) is 27.4 Å². The van der Waals surface area contributed by atoms with E-state index in [-0.39, 0.29) is 26.9 Å². The molecule has 2 atom stereocenters. The summed E-state index contributed by atoms with van der Waals surface area (Å²) in [5, 5.41) is 13.1. The molecule has 7 heteroatoms. The number of carbonyl (C=O) groups is 1. The van der Waals surface area contributed by atoms with Gasteiger partial charge < -0.3 is 0 Å². The van der Waals surface area contributed by atoms with Gasteiger partial charge in [0.15, 0.2) is 5.78 Å². The van der Waals surface area contributed by atoms with E-state index in [0.29, 0.717) is 6.42 Å². The van der Waals surface area contributed by atoms with Gasteiger partial charge in [-0.05, 0) is 24.2 Å². The minimum atomic E-state index is -0.362. The number of nitro groups is 1. The van der Waals surface area contributed by atoms with E-state index in [9.17, 15) is 14.9 Å². The summed E-state index contributed by atoms with van der Waals surface area (Å²) in [5.74, 6) is 1.14. The monoisotopic (exact) mass is 320 g/mol. The van der Waals surface area contributed by atoms with Crippen molar-refractivity contribution in [2.75, 3.05) is 5.75 Å². The van der Waals surface area contributed by atoms with Gasteiger partial charge in [-0.15, -0.1) is 0 Å². The largest absolute Gasteiger partial charge is 0.324 e. The van der Waals surface area contributed by atoms with E-state index in [4.69, 9.17) is 4.99 Å². The first-order valence-electron chi connectivity index (χ1n) is 6.83. The van der Waals surface area contributed by atoms with Gasteiger partial charge in [0.2, 0.25) is 0 Å². The number of ketones is 1.